The molecule has 1 aromatic carbocycles. The van der Waals surface area contributed by atoms with Crippen molar-refractivity contribution in [3.8, 4) is 0 Å². The molecule has 0 unspecified atom stereocenters. The third-order valence-corrected chi connectivity index (χ3v) is 4.44. The second-order valence-electron chi connectivity index (χ2n) is 6.57. The molecular formula is C18H26FIN4S. The SMILES string of the molecule is CN=C(NCCc1ccccc1F)NCc1nc(C(C)(C)C)cs1.I. The Kier molecular flexibility index (Phi) is 8.78. The monoisotopic (exact) mass is 476 g/mol. The number of thiazole rings is 1. The fraction of sp³-hybridized carbons (Fsp3) is 0.444. The minimum Gasteiger partial charge on any atom is -0.356 e. The van der Waals surface area contributed by atoms with Crippen molar-refractivity contribution >= 4 is 41.3 Å². The highest BCUT2D eigenvalue weighted by molar-refractivity contribution is 14.0. The van der Waals surface area contributed by atoms with Gasteiger partial charge in [-0.05, 0) is 18.1 Å². The Balaban J connectivity index is 0.00000312. The van der Waals surface area contributed by atoms with E-state index in [4.69, 9.17) is 0 Å². The predicted octanol–water partition coefficient (Wildman–Crippen LogP) is 4.11. The van der Waals surface area contributed by atoms with E-state index in [2.05, 4.69) is 46.8 Å². The van der Waals surface area contributed by atoms with Crippen LogP contribution >= 0.6 is 35.3 Å². The minimum atomic E-state index is -0.167. The summed E-state index contributed by atoms with van der Waals surface area (Å²) in [6, 6.07) is 6.84. The number of hydrogen-bond acceptors (Lipinski definition) is 3. The second-order valence-corrected chi connectivity index (χ2v) is 7.51. The summed E-state index contributed by atoms with van der Waals surface area (Å²) in [5, 5.41) is 9.57. The van der Waals surface area contributed by atoms with Crippen LogP contribution in [0, 0.1) is 5.82 Å². The third kappa shape index (κ3) is 6.89. The maximum absolute atomic E-state index is 13.6. The van der Waals surface area contributed by atoms with Gasteiger partial charge in [0.2, 0.25) is 0 Å². The fourth-order valence-electron chi connectivity index (χ4n) is 2.13. The Morgan fingerprint density at radius 1 is 1.24 bits per heavy atom. The maximum atomic E-state index is 13.6. The van der Waals surface area contributed by atoms with Crippen LogP contribution in [0.15, 0.2) is 34.6 Å². The van der Waals surface area contributed by atoms with Gasteiger partial charge in [-0.25, -0.2) is 9.37 Å². The van der Waals surface area contributed by atoms with Crippen molar-refractivity contribution < 1.29 is 4.39 Å². The molecule has 25 heavy (non-hydrogen) atoms. The highest BCUT2D eigenvalue weighted by atomic mass is 127. The zero-order valence-corrected chi connectivity index (χ0v) is 18.2. The molecule has 0 saturated carbocycles. The van der Waals surface area contributed by atoms with E-state index in [0.717, 1.165) is 10.7 Å². The molecule has 138 valence electrons. The van der Waals surface area contributed by atoms with Gasteiger partial charge in [0.05, 0.1) is 12.2 Å². The van der Waals surface area contributed by atoms with E-state index in [1.807, 2.05) is 6.07 Å². The number of aliphatic imine (C=N–C) groups is 1. The Bertz CT molecular complexity index is 694. The first kappa shape index (κ1) is 21.8. The van der Waals surface area contributed by atoms with Crippen LogP contribution in [0.5, 0.6) is 0 Å². The Hall–Kier alpha value is -1.22. The lowest BCUT2D eigenvalue weighted by molar-refractivity contribution is 0.570. The lowest BCUT2D eigenvalue weighted by atomic mass is 9.93. The summed E-state index contributed by atoms with van der Waals surface area (Å²) in [6.07, 6.45) is 0.610. The number of benzene rings is 1. The van der Waals surface area contributed by atoms with Crippen molar-refractivity contribution in [1.82, 2.24) is 15.6 Å². The third-order valence-electron chi connectivity index (χ3n) is 3.60. The standard InChI is InChI=1S/C18H25FN4S.HI/c1-18(2,3)15-12-24-16(23-15)11-22-17(20-4)21-10-9-13-7-5-6-8-14(13)19;/h5-8,12H,9-11H2,1-4H3,(H2,20,21,22);1H. The van der Waals surface area contributed by atoms with Gasteiger partial charge in [-0.15, -0.1) is 35.3 Å². The minimum absolute atomic E-state index is 0. The van der Waals surface area contributed by atoms with Gasteiger partial charge in [-0.3, -0.25) is 4.99 Å². The molecule has 0 aliphatic carbocycles. The molecule has 0 fully saturated rings. The lowest BCUT2D eigenvalue weighted by Gasteiger charge is -2.14. The molecule has 1 aromatic heterocycles. The van der Waals surface area contributed by atoms with Crippen LogP contribution in [0.25, 0.3) is 0 Å². The van der Waals surface area contributed by atoms with Crippen molar-refractivity contribution in [3.63, 3.8) is 0 Å². The molecule has 0 spiro atoms. The molecule has 0 aliphatic rings. The second kappa shape index (κ2) is 10.1. The van der Waals surface area contributed by atoms with E-state index in [9.17, 15) is 4.39 Å². The average molecular weight is 476 g/mol. The van der Waals surface area contributed by atoms with Crippen molar-refractivity contribution in [2.24, 2.45) is 4.99 Å². The van der Waals surface area contributed by atoms with Crippen LogP contribution in [-0.2, 0) is 18.4 Å². The first-order valence-corrected chi connectivity index (χ1v) is 8.91. The quantitative estimate of drug-likeness (QED) is 0.388. The van der Waals surface area contributed by atoms with Crippen molar-refractivity contribution in [3.05, 3.63) is 51.7 Å². The number of nitrogens with one attached hydrogen (secondary N) is 2. The van der Waals surface area contributed by atoms with Crippen LogP contribution in [-0.4, -0.2) is 24.5 Å². The summed E-state index contributed by atoms with van der Waals surface area (Å²) in [5.74, 6) is 0.526. The Morgan fingerprint density at radius 3 is 2.56 bits per heavy atom. The van der Waals surface area contributed by atoms with Gasteiger partial charge >= 0.3 is 0 Å². The number of nitrogens with zero attached hydrogens (tertiary/aromatic N) is 2. The molecule has 0 radical (unpaired) electrons. The summed E-state index contributed by atoms with van der Waals surface area (Å²) >= 11 is 1.65. The van der Waals surface area contributed by atoms with Gasteiger partial charge in [-0.2, -0.15) is 0 Å². The summed E-state index contributed by atoms with van der Waals surface area (Å²) in [4.78, 5) is 8.84. The molecule has 0 amide bonds. The van der Waals surface area contributed by atoms with Crippen LogP contribution in [0.3, 0.4) is 0 Å². The van der Waals surface area contributed by atoms with Crippen molar-refractivity contribution in [2.45, 2.75) is 39.2 Å². The highest BCUT2D eigenvalue weighted by Crippen LogP contribution is 2.23. The van der Waals surface area contributed by atoms with Crippen LogP contribution < -0.4 is 10.6 Å². The largest absolute Gasteiger partial charge is 0.356 e. The number of guanidine groups is 1. The summed E-state index contributed by atoms with van der Waals surface area (Å²) in [7, 11) is 1.72. The van der Waals surface area contributed by atoms with Crippen molar-refractivity contribution in [1.29, 1.82) is 0 Å². The van der Waals surface area contributed by atoms with Crippen molar-refractivity contribution in [2.75, 3.05) is 13.6 Å². The number of rotatable bonds is 5. The van der Waals surface area contributed by atoms with Gasteiger partial charge in [0.25, 0.3) is 0 Å². The fourth-order valence-corrected chi connectivity index (χ4v) is 3.09. The Morgan fingerprint density at radius 2 is 1.96 bits per heavy atom. The topological polar surface area (TPSA) is 49.3 Å². The maximum Gasteiger partial charge on any atom is 0.191 e. The number of aromatic nitrogens is 1. The van der Waals surface area contributed by atoms with Gasteiger partial charge in [-0.1, -0.05) is 39.0 Å². The van der Waals surface area contributed by atoms with Gasteiger partial charge in [0, 0.05) is 24.4 Å². The van der Waals surface area contributed by atoms with E-state index >= 15 is 0 Å². The van der Waals surface area contributed by atoms with Crippen LogP contribution in [0.1, 0.15) is 37.0 Å². The summed E-state index contributed by atoms with van der Waals surface area (Å²) in [5.41, 5.74) is 1.87. The number of hydrogen-bond donors (Lipinski definition) is 2. The van der Waals surface area contributed by atoms with E-state index < -0.39 is 0 Å². The van der Waals surface area contributed by atoms with E-state index in [1.165, 1.54) is 6.07 Å². The molecule has 1 heterocycles. The first-order chi connectivity index (χ1) is 11.4. The Labute approximate surface area is 170 Å². The molecular weight excluding hydrogens is 450 g/mol. The number of halogens is 2. The molecule has 0 bridgehead atoms. The lowest BCUT2D eigenvalue weighted by Crippen LogP contribution is -2.37. The smallest absolute Gasteiger partial charge is 0.191 e. The average Bonchev–Trinajstić information content (AvgIpc) is 3.01. The van der Waals surface area contributed by atoms with Gasteiger partial charge in [0.15, 0.2) is 5.96 Å². The van der Waals surface area contributed by atoms with E-state index in [-0.39, 0.29) is 35.2 Å². The van der Waals surface area contributed by atoms with Crippen LogP contribution in [0.2, 0.25) is 0 Å². The molecule has 0 saturated heterocycles. The van der Waals surface area contributed by atoms with E-state index in [0.29, 0.717) is 31.0 Å². The normalized spacial score (nSPS) is 11.8. The molecule has 4 nitrogen and oxygen atoms in total. The molecule has 0 aliphatic heterocycles. The first-order valence-electron chi connectivity index (χ1n) is 8.03. The molecule has 2 N–H and O–H groups in total. The molecule has 2 rings (SSSR count). The summed E-state index contributed by atoms with van der Waals surface area (Å²) < 4.78 is 13.6. The van der Waals surface area contributed by atoms with Crippen LogP contribution in [0.4, 0.5) is 4.39 Å². The molecule has 7 heteroatoms. The predicted molar refractivity (Wildman–Crippen MR) is 115 cm³/mol. The summed E-state index contributed by atoms with van der Waals surface area (Å²) in [6.45, 7) is 7.71. The zero-order valence-electron chi connectivity index (χ0n) is 15.1. The molecule has 0 atom stereocenters. The van der Waals surface area contributed by atoms with E-state index in [1.54, 1.807) is 30.5 Å². The van der Waals surface area contributed by atoms with Gasteiger partial charge < -0.3 is 10.6 Å². The van der Waals surface area contributed by atoms with Gasteiger partial charge in [0.1, 0.15) is 10.8 Å². The highest BCUT2D eigenvalue weighted by Gasteiger charge is 2.17. The zero-order chi connectivity index (χ0) is 17.6. The molecule has 2 aromatic rings.